The minimum absolute atomic E-state index is 0.0337. The fourth-order valence-electron chi connectivity index (χ4n) is 2.33. The second-order valence-electron chi connectivity index (χ2n) is 5.24. The van der Waals surface area contributed by atoms with Gasteiger partial charge in [-0.25, -0.2) is 0 Å². The molecular formula is C15H21N3O2. The number of carbonyl (C=O) groups is 2. The molecule has 1 aromatic rings. The lowest BCUT2D eigenvalue weighted by Crippen LogP contribution is -2.48. The van der Waals surface area contributed by atoms with Crippen LogP contribution in [-0.4, -0.2) is 42.4 Å². The van der Waals surface area contributed by atoms with Crippen molar-refractivity contribution < 1.29 is 9.59 Å². The Balaban J connectivity index is 1.79. The summed E-state index contributed by atoms with van der Waals surface area (Å²) in [6.45, 7) is 0.684. The number of aryl methyl sites for hydroxylation is 1. The first-order valence-electron chi connectivity index (χ1n) is 6.93. The molecule has 5 heteroatoms. The van der Waals surface area contributed by atoms with Crippen molar-refractivity contribution in [2.75, 3.05) is 13.6 Å². The summed E-state index contributed by atoms with van der Waals surface area (Å²) in [4.78, 5) is 25.3. The van der Waals surface area contributed by atoms with Gasteiger partial charge in [0.15, 0.2) is 0 Å². The van der Waals surface area contributed by atoms with E-state index in [-0.39, 0.29) is 11.8 Å². The van der Waals surface area contributed by atoms with E-state index >= 15 is 0 Å². The monoisotopic (exact) mass is 275 g/mol. The Hall–Kier alpha value is -1.88. The van der Waals surface area contributed by atoms with Gasteiger partial charge in [0, 0.05) is 13.6 Å². The second kappa shape index (κ2) is 6.52. The third-order valence-electron chi connectivity index (χ3n) is 3.67. The highest BCUT2D eigenvalue weighted by Crippen LogP contribution is 2.09. The molecule has 1 fully saturated rings. The van der Waals surface area contributed by atoms with Gasteiger partial charge in [-0.2, -0.15) is 0 Å². The molecule has 1 aliphatic heterocycles. The number of likely N-dealkylation sites (tertiary alicyclic amines) is 1. The summed E-state index contributed by atoms with van der Waals surface area (Å²) in [5.41, 5.74) is 7.05. The highest BCUT2D eigenvalue weighted by molar-refractivity contribution is 5.90. The van der Waals surface area contributed by atoms with Crippen molar-refractivity contribution in [1.82, 2.24) is 10.2 Å². The Morgan fingerprint density at radius 1 is 1.45 bits per heavy atom. The largest absolute Gasteiger partial charge is 0.344 e. The molecule has 5 nitrogen and oxygen atoms in total. The third-order valence-corrected chi connectivity index (χ3v) is 3.67. The molecule has 3 N–H and O–H groups in total. The molecule has 1 aromatic carbocycles. The predicted octanol–water partition coefficient (Wildman–Crippen LogP) is 0.293. The molecule has 20 heavy (non-hydrogen) atoms. The van der Waals surface area contributed by atoms with Crippen molar-refractivity contribution in [3.8, 4) is 0 Å². The average molecular weight is 275 g/mol. The number of carbonyl (C=O) groups excluding carboxylic acids is 2. The van der Waals surface area contributed by atoms with E-state index in [0.29, 0.717) is 19.4 Å². The Kier molecular flexibility index (Phi) is 4.74. The number of benzene rings is 1. The van der Waals surface area contributed by atoms with E-state index in [1.807, 2.05) is 30.3 Å². The van der Waals surface area contributed by atoms with Gasteiger partial charge in [0.25, 0.3) is 0 Å². The van der Waals surface area contributed by atoms with Gasteiger partial charge in [0.1, 0.15) is 6.04 Å². The van der Waals surface area contributed by atoms with Crippen LogP contribution in [0.25, 0.3) is 0 Å². The molecule has 0 saturated carbocycles. The van der Waals surface area contributed by atoms with E-state index in [4.69, 9.17) is 5.73 Å². The zero-order valence-electron chi connectivity index (χ0n) is 11.7. The molecule has 0 aliphatic carbocycles. The molecule has 0 bridgehead atoms. The molecule has 1 heterocycles. The number of nitrogens with one attached hydrogen (secondary N) is 1. The Morgan fingerprint density at radius 3 is 2.75 bits per heavy atom. The first-order valence-corrected chi connectivity index (χ1v) is 6.93. The smallest absolute Gasteiger partial charge is 0.244 e. The molecule has 1 saturated heterocycles. The normalized spacial score (nSPS) is 20.0. The predicted molar refractivity (Wildman–Crippen MR) is 76.9 cm³/mol. The van der Waals surface area contributed by atoms with Crippen LogP contribution in [0, 0.1) is 0 Å². The molecule has 2 rings (SSSR count). The molecule has 2 atom stereocenters. The van der Waals surface area contributed by atoms with Crippen molar-refractivity contribution in [3.05, 3.63) is 35.9 Å². The molecule has 108 valence electrons. The van der Waals surface area contributed by atoms with Gasteiger partial charge < -0.3 is 16.0 Å². The first-order chi connectivity index (χ1) is 9.58. The fraction of sp³-hybridized carbons (Fsp3) is 0.467. The minimum atomic E-state index is -0.575. The van der Waals surface area contributed by atoms with Gasteiger partial charge >= 0.3 is 0 Å². The summed E-state index contributed by atoms with van der Waals surface area (Å²) in [5, 5.41) is 2.74. The SMILES string of the molecule is CN1CCC(NC(=O)C(N)CCc2ccccc2)C1=O. The number of hydrogen-bond donors (Lipinski definition) is 2. The zero-order chi connectivity index (χ0) is 14.5. The maximum atomic E-state index is 12.0. The number of nitrogens with two attached hydrogens (primary N) is 1. The van der Waals surface area contributed by atoms with Crippen LogP contribution in [0.4, 0.5) is 0 Å². The average Bonchev–Trinajstić information content (AvgIpc) is 2.78. The standard InChI is InChI=1S/C15H21N3O2/c1-18-10-9-13(15(18)20)17-14(19)12(16)8-7-11-5-3-2-4-6-11/h2-6,12-13H,7-10,16H2,1H3,(H,17,19). The van der Waals surface area contributed by atoms with Gasteiger partial charge in [-0.15, -0.1) is 0 Å². The van der Waals surface area contributed by atoms with Crippen molar-refractivity contribution in [3.63, 3.8) is 0 Å². The van der Waals surface area contributed by atoms with Gasteiger partial charge in [-0.3, -0.25) is 9.59 Å². The van der Waals surface area contributed by atoms with Gasteiger partial charge in [0.2, 0.25) is 11.8 Å². The fourth-order valence-corrected chi connectivity index (χ4v) is 2.33. The van der Waals surface area contributed by atoms with Crippen LogP contribution in [-0.2, 0) is 16.0 Å². The van der Waals surface area contributed by atoms with Crippen LogP contribution < -0.4 is 11.1 Å². The van der Waals surface area contributed by atoms with Crippen LogP contribution in [0.5, 0.6) is 0 Å². The topological polar surface area (TPSA) is 75.4 Å². The maximum absolute atomic E-state index is 12.0. The molecular weight excluding hydrogens is 254 g/mol. The van der Waals surface area contributed by atoms with E-state index in [2.05, 4.69) is 5.32 Å². The summed E-state index contributed by atoms with van der Waals surface area (Å²) < 4.78 is 0. The van der Waals surface area contributed by atoms with E-state index in [9.17, 15) is 9.59 Å². The molecule has 0 aromatic heterocycles. The second-order valence-corrected chi connectivity index (χ2v) is 5.24. The molecule has 0 radical (unpaired) electrons. The summed E-state index contributed by atoms with van der Waals surface area (Å²) in [7, 11) is 1.74. The highest BCUT2D eigenvalue weighted by atomic mass is 16.2. The lowest BCUT2D eigenvalue weighted by atomic mass is 10.0. The minimum Gasteiger partial charge on any atom is -0.344 e. The van der Waals surface area contributed by atoms with E-state index in [1.165, 1.54) is 0 Å². The van der Waals surface area contributed by atoms with Crippen LogP contribution in [0.3, 0.4) is 0 Å². The maximum Gasteiger partial charge on any atom is 0.244 e. The van der Waals surface area contributed by atoms with E-state index < -0.39 is 12.1 Å². The summed E-state index contributed by atoms with van der Waals surface area (Å²) in [6, 6.07) is 8.93. The van der Waals surface area contributed by atoms with Gasteiger partial charge in [-0.05, 0) is 24.8 Å². The van der Waals surface area contributed by atoms with Gasteiger partial charge in [0.05, 0.1) is 6.04 Å². The van der Waals surface area contributed by atoms with Crippen molar-refractivity contribution in [1.29, 1.82) is 0 Å². The third kappa shape index (κ3) is 3.57. The number of rotatable bonds is 5. The van der Waals surface area contributed by atoms with Gasteiger partial charge in [-0.1, -0.05) is 30.3 Å². The molecule has 2 amide bonds. The summed E-state index contributed by atoms with van der Waals surface area (Å²) in [6.07, 6.45) is 1.99. The molecule has 1 aliphatic rings. The molecule has 0 spiro atoms. The Morgan fingerprint density at radius 2 is 2.15 bits per heavy atom. The lowest BCUT2D eigenvalue weighted by Gasteiger charge is -2.16. The highest BCUT2D eigenvalue weighted by Gasteiger charge is 2.31. The van der Waals surface area contributed by atoms with E-state index in [1.54, 1.807) is 11.9 Å². The molecule has 2 unspecified atom stereocenters. The van der Waals surface area contributed by atoms with Crippen LogP contribution in [0.15, 0.2) is 30.3 Å². The Labute approximate surface area is 119 Å². The number of likely N-dealkylation sites (N-methyl/N-ethyl adjacent to an activating group) is 1. The first kappa shape index (κ1) is 14.5. The number of amides is 2. The summed E-state index contributed by atoms with van der Waals surface area (Å²) >= 11 is 0. The quantitative estimate of drug-likeness (QED) is 0.811. The van der Waals surface area contributed by atoms with E-state index in [0.717, 1.165) is 12.0 Å². The number of nitrogens with zero attached hydrogens (tertiary/aromatic N) is 1. The van der Waals surface area contributed by atoms with Crippen molar-refractivity contribution in [2.45, 2.75) is 31.3 Å². The van der Waals surface area contributed by atoms with Crippen molar-refractivity contribution >= 4 is 11.8 Å². The van der Waals surface area contributed by atoms with Crippen LogP contribution in [0.2, 0.25) is 0 Å². The van der Waals surface area contributed by atoms with Crippen LogP contribution >= 0.6 is 0 Å². The van der Waals surface area contributed by atoms with Crippen molar-refractivity contribution in [2.24, 2.45) is 5.73 Å². The number of hydrogen-bond acceptors (Lipinski definition) is 3. The lowest BCUT2D eigenvalue weighted by molar-refractivity contribution is -0.132. The summed E-state index contributed by atoms with van der Waals surface area (Å²) in [5.74, 6) is -0.275. The van der Waals surface area contributed by atoms with Crippen LogP contribution in [0.1, 0.15) is 18.4 Å². The zero-order valence-corrected chi connectivity index (χ0v) is 11.7. The Bertz CT molecular complexity index is 475.